The lowest BCUT2D eigenvalue weighted by Crippen LogP contribution is -2.45. The van der Waals surface area contributed by atoms with Crippen molar-refractivity contribution < 1.29 is 32.9 Å². The molecule has 3 atom stereocenters. The molecule has 0 rings (SSSR count). The van der Waals surface area contributed by atoms with E-state index in [0.717, 1.165) is 44.9 Å². The summed E-state index contributed by atoms with van der Waals surface area (Å²) in [5.74, 6) is -0.210. The molecule has 0 aliphatic carbocycles. The minimum atomic E-state index is -4.60. The molecule has 2 N–H and O–H groups in total. The van der Waals surface area contributed by atoms with E-state index in [-0.39, 0.29) is 12.5 Å². The Labute approximate surface area is 448 Å². The zero-order valence-corrected chi connectivity index (χ0v) is 49.5. The molecule has 9 heteroatoms. The molecule has 0 aliphatic heterocycles. The van der Waals surface area contributed by atoms with Crippen molar-refractivity contribution >= 4 is 13.7 Å². The second kappa shape index (κ2) is 54.5. The highest BCUT2D eigenvalue weighted by atomic mass is 31.2. The lowest BCUT2D eigenvalue weighted by atomic mass is 10.0. The van der Waals surface area contributed by atoms with E-state index in [1.165, 1.54) is 244 Å². The summed E-state index contributed by atoms with van der Waals surface area (Å²) in [5, 5.41) is 13.7. The van der Waals surface area contributed by atoms with Gasteiger partial charge in [-0.2, -0.15) is 0 Å². The standard InChI is InChI=1S/C63H123N2O6P/c1-6-8-10-12-14-16-17-18-19-20-21-22-23-24-25-26-27-28-29-30-31-32-33-34-35-36-37-38-39-40-41-42-43-44-45-46-47-49-51-53-55-57-63(67)64-61(60-71-72(68,69)70-59-58-65(3,4)5)62(66)56-54-52-50-48-15-13-11-9-7-2/h7,9,15,48,54,56,61-62,66H,6,8,10-14,16-47,49-53,55,57-60H2,1-5H3,(H-,64,67,68,69)/b9-7+,48-15+,56-54+. The fourth-order valence-electron chi connectivity index (χ4n) is 9.55. The molecule has 0 aliphatic rings. The number of carbonyl (C=O) groups excluding carboxylic acids is 1. The first-order chi connectivity index (χ1) is 35.0. The maximum Gasteiger partial charge on any atom is 0.268 e. The van der Waals surface area contributed by atoms with Crippen LogP contribution >= 0.6 is 7.82 Å². The lowest BCUT2D eigenvalue weighted by molar-refractivity contribution is -0.870. The van der Waals surface area contributed by atoms with Gasteiger partial charge in [-0.25, -0.2) is 0 Å². The van der Waals surface area contributed by atoms with E-state index >= 15 is 0 Å². The van der Waals surface area contributed by atoms with Gasteiger partial charge in [-0.3, -0.25) is 9.36 Å². The molecule has 0 aromatic rings. The fourth-order valence-corrected chi connectivity index (χ4v) is 10.3. The number of unbranched alkanes of at least 4 members (excludes halogenated alkanes) is 42. The molecule has 426 valence electrons. The maximum absolute atomic E-state index is 12.9. The third-order valence-electron chi connectivity index (χ3n) is 14.4. The fraction of sp³-hybridized carbons (Fsp3) is 0.889. The van der Waals surface area contributed by atoms with Crippen LogP contribution in [0.4, 0.5) is 0 Å². The zero-order valence-electron chi connectivity index (χ0n) is 48.6. The number of phosphoric acid groups is 1. The van der Waals surface area contributed by atoms with Crippen molar-refractivity contribution in [1.82, 2.24) is 5.32 Å². The Balaban J connectivity index is 3.72. The van der Waals surface area contributed by atoms with Gasteiger partial charge in [-0.15, -0.1) is 0 Å². The molecule has 0 fully saturated rings. The molecule has 1 amide bonds. The highest BCUT2D eigenvalue weighted by Crippen LogP contribution is 2.38. The molecule has 3 unspecified atom stereocenters. The summed E-state index contributed by atoms with van der Waals surface area (Å²) in [6.45, 7) is 4.41. The molecular weight excluding hydrogens is 912 g/mol. The number of nitrogens with one attached hydrogen (secondary N) is 1. The number of hydrogen-bond acceptors (Lipinski definition) is 6. The Hall–Kier alpha value is -1.28. The molecule has 0 spiro atoms. The first-order valence-corrected chi connectivity index (χ1v) is 32.8. The second-order valence-electron chi connectivity index (χ2n) is 22.8. The van der Waals surface area contributed by atoms with Crippen LogP contribution in [-0.2, 0) is 18.4 Å². The summed E-state index contributed by atoms with van der Waals surface area (Å²) >= 11 is 0. The summed E-state index contributed by atoms with van der Waals surface area (Å²) in [5.41, 5.74) is 0. The Morgan fingerprint density at radius 2 is 0.806 bits per heavy atom. The van der Waals surface area contributed by atoms with E-state index in [1.807, 2.05) is 40.2 Å². The summed E-state index contributed by atoms with van der Waals surface area (Å²) in [6, 6.07) is -0.906. The van der Waals surface area contributed by atoms with Gasteiger partial charge < -0.3 is 28.8 Å². The topological polar surface area (TPSA) is 108 Å². The van der Waals surface area contributed by atoms with Crippen molar-refractivity contribution in [3.63, 3.8) is 0 Å². The van der Waals surface area contributed by atoms with E-state index in [1.54, 1.807) is 6.08 Å². The SMILES string of the molecule is C/C=C/CC/C=C/CC/C=C/C(O)C(COP(=O)([O-])OCC[N+](C)(C)C)NC(=O)CCCCCCCCCCCCCCCCCCCCCCCCCCCCCCCCCCCCCCCCCCC. The molecular formula is C63H123N2O6P. The maximum atomic E-state index is 12.9. The van der Waals surface area contributed by atoms with Crippen LogP contribution in [0.5, 0.6) is 0 Å². The van der Waals surface area contributed by atoms with Crippen molar-refractivity contribution in [2.24, 2.45) is 0 Å². The van der Waals surface area contributed by atoms with Gasteiger partial charge in [0.2, 0.25) is 5.91 Å². The average Bonchev–Trinajstić information content (AvgIpc) is 3.34. The van der Waals surface area contributed by atoms with Crippen LogP contribution in [0.3, 0.4) is 0 Å². The normalized spacial score (nSPS) is 14.0. The molecule has 0 radical (unpaired) electrons. The van der Waals surface area contributed by atoms with Gasteiger partial charge in [0.25, 0.3) is 7.82 Å². The highest BCUT2D eigenvalue weighted by molar-refractivity contribution is 7.45. The van der Waals surface area contributed by atoms with Gasteiger partial charge >= 0.3 is 0 Å². The average molecular weight is 1040 g/mol. The van der Waals surface area contributed by atoms with Crippen LogP contribution < -0.4 is 10.2 Å². The van der Waals surface area contributed by atoms with Crippen LogP contribution in [0.25, 0.3) is 0 Å². The smallest absolute Gasteiger partial charge is 0.268 e. The van der Waals surface area contributed by atoms with Gasteiger partial charge in [-0.1, -0.05) is 300 Å². The van der Waals surface area contributed by atoms with E-state index in [4.69, 9.17) is 9.05 Å². The first kappa shape index (κ1) is 70.7. The molecule has 0 aromatic heterocycles. The monoisotopic (exact) mass is 1030 g/mol. The quantitative estimate of drug-likeness (QED) is 0.0272. The number of amides is 1. The van der Waals surface area contributed by atoms with E-state index in [0.29, 0.717) is 17.4 Å². The summed E-state index contributed by atoms with van der Waals surface area (Å²) in [7, 11) is 1.24. The minimum Gasteiger partial charge on any atom is -0.756 e. The van der Waals surface area contributed by atoms with E-state index in [9.17, 15) is 19.4 Å². The molecule has 72 heavy (non-hydrogen) atoms. The number of aliphatic hydroxyl groups is 1. The Morgan fingerprint density at radius 3 is 1.12 bits per heavy atom. The zero-order chi connectivity index (χ0) is 52.7. The highest BCUT2D eigenvalue weighted by Gasteiger charge is 2.23. The molecule has 0 bridgehead atoms. The number of rotatable bonds is 58. The summed E-state index contributed by atoms with van der Waals surface area (Å²) in [4.78, 5) is 25.3. The van der Waals surface area contributed by atoms with Gasteiger partial charge in [0.1, 0.15) is 13.2 Å². The number of carbonyl (C=O) groups is 1. The van der Waals surface area contributed by atoms with Crippen LogP contribution in [-0.4, -0.2) is 68.5 Å². The van der Waals surface area contributed by atoms with Crippen molar-refractivity contribution in [2.75, 3.05) is 40.9 Å². The summed E-state index contributed by atoms with van der Waals surface area (Å²) in [6.07, 6.45) is 71.8. The first-order valence-electron chi connectivity index (χ1n) is 31.3. The Kier molecular flexibility index (Phi) is 53.5. The largest absolute Gasteiger partial charge is 0.756 e. The number of phosphoric ester groups is 1. The molecule has 0 heterocycles. The van der Waals surface area contributed by atoms with Crippen LogP contribution in [0.15, 0.2) is 36.5 Å². The van der Waals surface area contributed by atoms with Crippen molar-refractivity contribution in [3.8, 4) is 0 Å². The second-order valence-corrected chi connectivity index (χ2v) is 24.2. The van der Waals surface area contributed by atoms with Gasteiger partial charge in [-0.05, 0) is 39.0 Å². The molecule has 0 saturated heterocycles. The third kappa shape index (κ3) is 56.4. The minimum absolute atomic E-state index is 0.00812. The number of allylic oxidation sites excluding steroid dienone is 5. The van der Waals surface area contributed by atoms with Crippen molar-refractivity contribution in [1.29, 1.82) is 0 Å². The predicted molar refractivity (Wildman–Crippen MR) is 311 cm³/mol. The number of aliphatic hydroxyl groups excluding tert-OH is 1. The lowest BCUT2D eigenvalue weighted by Gasteiger charge is -2.29. The molecule has 0 aromatic carbocycles. The summed E-state index contributed by atoms with van der Waals surface area (Å²) < 4.78 is 23.2. The van der Waals surface area contributed by atoms with E-state index in [2.05, 4.69) is 30.5 Å². The van der Waals surface area contributed by atoms with Crippen LogP contribution in [0.1, 0.15) is 309 Å². The third-order valence-corrected chi connectivity index (χ3v) is 15.4. The van der Waals surface area contributed by atoms with Crippen LogP contribution in [0, 0.1) is 0 Å². The van der Waals surface area contributed by atoms with Crippen molar-refractivity contribution in [2.45, 2.75) is 321 Å². The van der Waals surface area contributed by atoms with Gasteiger partial charge in [0.05, 0.1) is 39.9 Å². The molecule has 8 nitrogen and oxygen atoms in total. The number of likely N-dealkylation sites (N-methyl/N-ethyl adjacent to an activating group) is 1. The van der Waals surface area contributed by atoms with Crippen LogP contribution in [0.2, 0.25) is 0 Å². The predicted octanol–water partition coefficient (Wildman–Crippen LogP) is 18.7. The van der Waals surface area contributed by atoms with Gasteiger partial charge in [0.15, 0.2) is 0 Å². The number of nitrogens with zero attached hydrogens (tertiary/aromatic N) is 1. The van der Waals surface area contributed by atoms with Crippen molar-refractivity contribution in [3.05, 3.63) is 36.5 Å². The molecule has 0 saturated carbocycles. The van der Waals surface area contributed by atoms with Gasteiger partial charge in [0, 0.05) is 6.42 Å². The Morgan fingerprint density at radius 1 is 0.500 bits per heavy atom. The number of hydrogen-bond donors (Lipinski definition) is 2. The Bertz CT molecular complexity index is 1270. The van der Waals surface area contributed by atoms with E-state index < -0.39 is 26.6 Å². The number of quaternary nitrogens is 1.